The topological polar surface area (TPSA) is 60.9 Å². The van der Waals surface area contributed by atoms with E-state index in [0.29, 0.717) is 30.8 Å². The average Bonchev–Trinajstić information content (AvgIpc) is 3.05. The van der Waals surface area contributed by atoms with Gasteiger partial charge in [-0.1, -0.05) is 55.8 Å². The van der Waals surface area contributed by atoms with Crippen molar-refractivity contribution >= 4 is 15.9 Å². The van der Waals surface area contributed by atoms with E-state index >= 15 is 0 Å². The molecule has 0 radical (unpaired) electrons. The molecular weight excluding hydrogens is 434 g/mol. The molecule has 1 aliphatic heterocycles. The van der Waals surface area contributed by atoms with E-state index in [9.17, 15) is 13.2 Å². The van der Waals surface area contributed by atoms with Crippen LogP contribution >= 0.6 is 0 Å². The molecular formula is C26H37N3O3S. The molecule has 6 nitrogen and oxygen atoms in total. The molecule has 0 spiro atoms. The highest BCUT2D eigenvalue weighted by Gasteiger charge is 2.22. The van der Waals surface area contributed by atoms with Crippen LogP contribution < -0.4 is 0 Å². The van der Waals surface area contributed by atoms with E-state index in [4.69, 9.17) is 0 Å². The van der Waals surface area contributed by atoms with E-state index in [0.717, 1.165) is 44.7 Å². The van der Waals surface area contributed by atoms with Gasteiger partial charge >= 0.3 is 0 Å². The van der Waals surface area contributed by atoms with Gasteiger partial charge in [-0.15, -0.1) is 0 Å². The van der Waals surface area contributed by atoms with Crippen LogP contribution in [0.15, 0.2) is 53.4 Å². The third-order valence-electron chi connectivity index (χ3n) is 6.36. The van der Waals surface area contributed by atoms with Crippen LogP contribution in [-0.4, -0.2) is 67.7 Å². The van der Waals surface area contributed by atoms with Gasteiger partial charge in [-0.25, -0.2) is 8.42 Å². The first-order valence-electron chi connectivity index (χ1n) is 12.0. The van der Waals surface area contributed by atoms with Crippen molar-refractivity contribution in [2.75, 3.05) is 39.3 Å². The second-order valence-electron chi connectivity index (χ2n) is 8.73. The van der Waals surface area contributed by atoms with Gasteiger partial charge in [-0.2, -0.15) is 4.31 Å². The van der Waals surface area contributed by atoms with Crippen LogP contribution in [-0.2, 0) is 27.8 Å². The summed E-state index contributed by atoms with van der Waals surface area (Å²) in [7, 11) is -3.45. The predicted octanol–water partition coefficient (Wildman–Crippen LogP) is 3.69. The van der Waals surface area contributed by atoms with Crippen LogP contribution in [0.2, 0.25) is 0 Å². The summed E-state index contributed by atoms with van der Waals surface area (Å²) in [4.78, 5) is 17.5. The van der Waals surface area contributed by atoms with Crippen molar-refractivity contribution in [3.8, 4) is 0 Å². The molecule has 0 N–H and O–H groups in total. The number of aryl methyl sites for hydroxylation is 2. The third kappa shape index (κ3) is 6.88. The number of carbonyl (C=O) groups excluding carboxylic acids is 1. The molecule has 0 aliphatic carbocycles. The Hall–Kier alpha value is -2.22. The van der Waals surface area contributed by atoms with E-state index in [-0.39, 0.29) is 5.91 Å². The zero-order valence-electron chi connectivity index (χ0n) is 20.2. The highest BCUT2D eigenvalue weighted by molar-refractivity contribution is 7.89. The number of nitrogens with zero attached hydrogens (tertiary/aromatic N) is 3. The Bertz CT molecular complexity index is 1000. The number of rotatable bonds is 9. The summed E-state index contributed by atoms with van der Waals surface area (Å²) < 4.78 is 26.7. The number of amides is 1. The molecule has 1 fully saturated rings. The van der Waals surface area contributed by atoms with Gasteiger partial charge in [-0.05, 0) is 43.0 Å². The Labute approximate surface area is 199 Å². The average molecular weight is 472 g/mol. The lowest BCUT2D eigenvalue weighted by Crippen LogP contribution is -2.35. The maximum Gasteiger partial charge on any atom is 0.243 e. The first-order chi connectivity index (χ1) is 15.8. The van der Waals surface area contributed by atoms with E-state index < -0.39 is 10.0 Å². The first kappa shape index (κ1) is 25.4. The first-order valence-corrected chi connectivity index (χ1v) is 13.4. The second kappa shape index (κ2) is 11.8. The predicted molar refractivity (Wildman–Crippen MR) is 133 cm³/mol. The van der Waals surface area contributed by atoms with E-state index in [1.54, 1.807) is 12.1 Å². The van der Waals surface area contributed by atoms with Crippen LogP contribution in [0, 0.1) is 6.92 Å². The van der Waals surface area contributed by atoms with Gasteiger partial charge < -0.3 is 4.90 Å². The van der Waals surface area contributed by atoms with Crippen molar-refractivity contribution < 1.29 is 13.2 Å². The molecule has 0 saturated carbocycles. The standard InChI is InChI=1S/C26H37N3O3S/c1-4-29(5-2)33(31,32)25-14-11-23(12-15-25)13-16-26(30)28-18-6-17-27(19-20-28)21-24-9-7-22(3)8-10-24/h7-12,14-15H,4-6,13,16-21H2,1-3H3. The largest absolute Gasteiger partial charge is 0.341 e. The molecule has 2 aromatic carbocycles. The second-order valence-corrected chi connectivity index (χ2v) is 10.7. The molecule has 33 heavy (non-hydrogen) atoms. The lowest BCUT2D eigenvalue weighted by atomic mass is 10.1. The minimum absolute atomic E-state index is 0.173. The SMILES string of the molecule is CCN(CC)S(=O)(=O)c1ccc(CCC(=O)N2CCCN(Cc3ccc(C)cc3)CC2)cc1. The Balaban J connectivity index is 1.50. The number of sulfonamides is 1. The number of hydrogen-bond donors (Lipinski definition) is 0. The van der Waals surface area contributed by atoms with E-state index in [1.165, 1.54) is 15.4 Å². The summed E-state index contributed by atoms with van der Waals surface area (Å²) in [6, 6.07) is 15.6. The molecule has 7 heteroatoms. The molecule has 1 saturated heterocycles. The molecule has 0 unspecified atom stereocenters. The van der Waals surface area contributed by atoms with Gasteiger partial charge in [0, 0.05) is 52.2 Å². The summed E-state index contributed by atoms with van der Waals surface area (Å²) in [6.45, 7) is 11.0. The van der Waals surface area contributed by atoms with Gasteiger partial charge in [0.1, 0.15) is 0 Å². The zero-order chi connectivity index (χ0) is 23.8. The smallest absolute Gasteiger partial charge is 0.243 e. The Morgan fingerprint density at radius 2 is 1.52 bits per heavy atom. The quantitative estimate of drug-likeness (QED) is 0.560. The highest BCUT2D eigenvalue weighted by Crippen LogP contribution is 2.17. The molecule has 0 bridgehead atoms. The van der Waals surface area contributed by atoms with E-state index in [1.807, 2.05) is 30.9 Å². The molecule has 0 atom stereocenters. The lowest BCUT2D eigenvalue weighted by Gasteiger charge is -2.22. The highest BCUT2D eigenvalue weighted by atomic mass is 32.2. The van der Waals surface area contributed by atoms with Crippen molar-refractivity contribution in [1.82, 2.24) is 14.1 Å². The Morgan fingerprint density at radius 3 is 2.15 bits per heavy atom. The van der Waals surface area contributed by atoms with Crippen molar-refractivity contribution in [2.45, 2.75) is 51.5 Å². The minimum atomic E-state index is -3.45. The minimum Gasteiger partial charge on any atom is -0.341 e. The van der Waals surface area contributed by atoms with Gasteiger partial charge in [0.2, 0.25) is 15.9 Å². The maximum absolute atomic E-state index is 12.8. The zero-order valence-corrected chi connectivity index (χ0v) is 21.0. The van der Waals surface area contributed by atoms with Crippen LogP contribution in [0.3, 0.4) is 0 Å². The summed E-state index contributed by atoms with van der Waals surface area (Å²) >= 11 is 0. The molecule has 0 aromatic heterocycles. The fourth-order valence-corrected chi connectivity index (χ4v) is 5.74. The van der Waals surface area contributed by atoms with Crippen LogP contribution in [0.5, 0.6) is 0 Å². The summed E-state index contributed by atoms with van der Waals surface area (Å²) in [5, 5.41) is 0. The third-order valence-corrected chi connectivity index (χ3v) is 8.43. The normalized spacial score (nSPS) is 15.6. The van der Waals surface area contributed by atoms with Crippen LogP contribution in [0.4, 0.5) is 0 Å². The van der Waals surface area contributed by atoms with Gasteiger partial charge in [-0.3, -0.25) is 9.69 Å². The van der Waals surface area contributed by atoms with Crippen LogP contribution in [0.1, 0.15) is 43.4 Å². The van der Waals surface area contributed by atoms with Crippen molar-refractivity contribution in [3.05, 3.63) is 65.2 Å². The summed E-state index contributed by atoms with van der Waals surface area (Å²) in [5.74, 6) is 0.173. The van der Waals surface area contributed by atoms with Gasteiger partial charge in [0.15, 0.2) is 0 Å². The molecule has 3 rings (SSSR count). The Kier molecular flexibility index (Phi) is 9.06. The molecule has 2 aromatic rings. The molecule has 1 aliphatic rings. The van der Waals surface area contributed by atoms with Crippen molar-refractivity contribution in [2.24, 2.45) is 0 Å². The van der Waals surface area contributed by atoms with Crippen molar-refractivity contribution in [3.63, 3.8) is 0 Å². The monoisotopic (exact) mass is 471 g/mol. The maximum atomic E-state index is 12.8. The number of carbonyl (C=O) groups is 1. The summed E-state index contributed by atoms with van der Waals surface area (Å²) in [6.07, 6.45) is 2.05. The fraction of sp³-hybridized carbons (Fsp3) is 0.500. The van der Waals surface area contributed by atoms with Gasteiger partial charge in [0.05, 0.1) is 4.90 Å². The summed E-state index contributed by atoms with van der Waals surface area (Å²) in [5.41, 5.74) is 3.57. The molecule has 180 valence electrons. The molecule has 1 heterocycles. The Morgan fingerprint density at radius 1 is 0.879 bits per heavy atom. The van der Waals surface area contributed by atoms with E-state index in [2.05, 4.69) is 36.1 Å². The fourth-order valence-electron chi connectivity index (χ4n) is 4.28. The number of benzene rings is 2. The lowest BCUT2D eigenvalue weighted by molar-refractivity contribution is -0.131. The van der Waals surface area contributed by atoms with Crippen LogP contribution in [0.25, 0.3) is 0 Å². The number of hydrogen-bond acceptors (Lipinski definition) is 4. The molecule has 1 amide bonds. The van der Waals surface area contributed by atoms with Gasteiger partial charge in [0.25, 0.3) is 0 Å². The van der Waals surface area contributed by atoms with Crippen molar-refractivity contribution in [1.29, 1.82) is 0 Å².